The van der Waals surface area contributed by atoms with E-state index in [0.717, 1.165) is 0 Å². The van der Waals surface area contributed by atoms with Crippen LogP contribution in [0.15, 0.2) is 53.4 Å². The number of hydrogen-bond donors (Lipinski definition) is 1. The lowest BCUT2D eigenvalue weighted by atomic mass is 10.3. The maximum Gasteiger partial charge on any atom is 0.262 e. The van der Waals surface area contributed by atoms with Gasteiger partial charge in [-0.25, -0.2) is 8.42 Å². The van der Waals surface area contributed by atoms with Crippen LogP contribution in [0.2, 0.25) is 5.02 Å². The number of hydrogen-bond acceptors (Lipinski definition) is 5. The molecule has 0 saturated carbocycles. The predicted octanol–water partition coefficient (Wildman–Crippen LogP) is 2.29. The highest BCUT2D eigenvalue weighted by Crippen LogP contribution is 2.20. The molecule has 3 rings (SSSR count). The van der Waals surface area contributed by atoms with Gasteiger partial charge in [0.2, 0.25) is 10.0 Å². The lowest BCUT2D eigenvalue weighted by molar-refractivity contribution is -0.118. The van der Waals surface area contributed by atoms with Crippen molar-refractivity contribution in [3.8, 4) is 5.75 Å². The van der Waals surface area contributed by atoms with E-state index >= 15 is 0 Å². The number of benzene rings is 2. The van der Waals surface area contributed by atoms with Crippen molar-refractivity contribution < 1.29 is 17.9 Å². The Bertz CT molecular complexity index is 909. The highest BCUT2D eigenvalue weighted by Gasteiger charge is 2.27. The summed E-state index contributed by atoms with van der Waals surface area (Å²) in [7, 11) is -1.55. The zero-order valence-corrected chi connectivity index (χ0v) is 17.0. The second-order valence-corrected chi connectivity index (χ2v) is 8.90. The van der Waals surface area contributed by atoms with E-state index in [2.05, 4.69) is 10.2 Å². The number of nitrogens with zero attached hydrogens (tertiary/aromatic N) is 2. The van der Waals surface area contributed by atoms with Gasteiger partial charge in [-0.2, -0.15) is 4.31 Å². The molecular formula is C19H22ClN3O4S. The number of likely N-dealkylation sites (N-methyl/N-ethyl adjacent to an activating group) is 1. The van der Waals surface area contributed by atoms with Crippen molar-refractivity contribution in [2.45, 2.75) is 4.90 Å². The Kier molecular flexibility index (Phi) is 6.56. The summed E-state index contributed by atoms with van der Waals surface area (Å²) in [6, 6.07) is 12.9. The second kappa shape index (κ2) is 8.91. The molecule has 9 heteroatoms. The molecule has 1 aliphatic heterocycles. The van der Waals surface area contributed by atoms with Crippen LogP contribution in [0.5, 0.6) is 5.75 Å². The highest BCUT2D eigenvalue weighted by molar-refractivity contribution is 7.89. The van der Waals surface area contributed by atoms with Crippen LogP contribution in [-0.2, 0) is 14.8 Å². The molecule has 1 fully saturated rings. The van der Waals surface area contributed by atoms with E-state index in [1.807, 2.05) is 7.05 Å². The summed E-state index contributed by atoms with van der Waals surface area (Å²) in [4.78, 5) is 14.3. The van der Waals surface area contributed by atoms with E-state index in [9.17, 15) is 13.2 Å². The van der Waals surface area contributed by atoms with Gasteiger partial charge in [-0.05, 0) is 55.6 Å². The van der Waals surface area contributed by atoms with Gasteiger partial charge in [-0.3, -0.25) is 4.79 Å². The lowest BCUT2D eigenvalue weighted by Crippen LogP contribution is -2.46. The zero-order chi connectivity index (χ0) is 20.1. The first-order chi connectivity index (χ1) is 13.3. The summed E-state index contributed by atoms with van der Waals surface area (Å²) in [5, 5.41) is 3.27. The van der Waals surface area contributed by atoms with Gasteiger partial charge < -0.3 is 15.0 Å². The normalized spacial score (nSPS) is 15.9. The fourth-order valence-electron chi connectivity index (χ4n) is 2.76. The molecule has 7 nitrogen and oxygen atoms in total. The quantitative estimate of drug-likeness (QED) is 0.771. The first-order valence-corrected chi connectivity index (χ1v) is 10.6. The average Bonchev–Trinajstić information content (AvgIpc) is 2.68. The molecule has 28 heavy (non-hydrogen) atoms. The van der Waals surface area contributed by atoms with Gasteiger partial charge in [-0.1, -0.05) is 11.6 Å². The van der Waals surface area contributed by atoms with Crippen molar-refractivity contribution in [3.63, 3.8) is 0 Å². The first kappa shape index (κ1) is 20.6. The van der Waals surface area contributed by atoms with Crippen LogP contribution in [0.25, 0.3) is 0 Å². The van der Waals surface area contributed by atoms with Crippen LogP contribution >= 0.6 is 11.6 Å². The van der Waals surface area contributed by atoms with E-state index in [1.165, 1.54) is 16.4 Å². The van der Waals surface area contributed by atoms with Crippen LogP contribution in [0.1, 0.15) is 0 Å². The van der Waals surface area contributed by atoms with Gasteiger partial charge in [0.15, 0.2) is 6.61 Å². The Labute approximate surface area is 169 Å². The Morgan fingerprint density at radius 1 is 1.04 bits per heavy atom. The Morgan fingerprint density at radius 2 is 1.64 bits per heavy atom. The predicted molar refractivity (Wildman–Crippen MR) is 108 cm³/mol. The molecule has 0 atom stereocenters. The number of amides is 1. The molecule has 1 saturated heterocycles. The molecule has 0 unspecified atom stereocenters. The molecule has 0 radical (unpaired) electrons. The Hall–Kier alpha value is -2.13. The van der Waals surface area contributed by atoms with Gasteiger partial charge in [0, 0.05) is 36.9 Å². The summed E-state index contributed by atoms with van der Waals surface area (Å²) in [6.07, 6.45) is 0. The number of halogens is 1. The third kappa shape index (κ3) is 5.23. The van der Waals surface area contributed by atoms with Gasteiger partial charge >= 0.3 is 0 Å². The van der Waals surface area contributed by atoms with Crippen LogP contribution in [0.4, 0.5) is 5.69 Å². The van der Waals surface area contributed by atoms with E-state index in [0.29, 0.717) is 42.6 Å². The van der Waals surface area contributed by atoms with Crippen molar-refractivity contribution in [1.82, 2.24) is 9.21 Å². The number of sulfonamides is 1. The van der Waals surface area contributed by atoms with Crippen LogP contribution in [0, 0.1) is 0 Å². The fraction of sp³-hybridized carbons (Fsp3) is 0.316. The summed E-state index contributed by atoms with van der Waals surface area (Å²) >= 11 is 5.80. The van der Waals surface area contributed by atoms with Crippen molar-refractivity contribution in [2.24, 2.45) is 0 Å². The minimum absolute atomic E-state index is 0.164. The van der Waals surface area contributed by atoms with E-state index in [4.69, 9.17) is 16.3 Å². The molecule has 0 bridgehead atoms. The smallest absolute Gasteiger partial charge is 0.262 e. The summed E-state index contributed by atoms with van der Waals surface area (Å²) < 4.78 is 32.3. The Balaban J connectivity index is 1.56. The number of piperazine rings is 1. The summed E-state index contributed by atoms with van der Waals surface area (Å²) in [5.41, 5.74) is 0.502. The van der Waals surface area contributed by atoms with Crippen molar-refractivity contribution in [1.29, 1.82) is 0 Å². The third-order valence-corrected chi connectivity index (χ3v) is 6.59. The maximum atomic E-state index is 12.7. The van der Waals surface area contributed by atoms with Crippen LogP contribution in [0.3, 0.4) is 0 Å². The standard InChI is InChI=1S/C19H22ClN3O4S/c1-22-10-12-23(13-11-22)28(25,26)18-8-4-16(5-9-18)21-19(24)14-27-17-6-2-15(20)3-7-17/h2-9H,10-14H2,1H3,(H,21,24). The molecule has 150 valence electrons. The average molecular weight is 424 g/mol. The highest BCUT2D eigenvalue weighted by atomic mass is 35.5. The van der Waals surface area contributed by atoms with Crippen molar-refractivity contribution in [3.05, 3.63) is 53.6 Å². The second-order valence-electron chi connectivity index (χ2n) is 6.52. The number of carbonyl (C=O) groups is 1. The van der Waals surface area contributed by atoms with Gasteiger partial charge in [0.25, 0.3) is 5.91 Å². The van der Waals surface area contributed by atoms with Crippen LogP contribution in [-0.4, -0.2) is 63.4 Å². The first-order valence-electron chi connectivity index (χ1n) is 8.81. The summed E-state index contributed by atoms with van der Waals surface area (Å²) in [5.74, 6) is 0.192. The largest absolute Gasteiger partial charge is 0.484 e. The minimum Gasteiger partial charge on any atom is -0.484 e. The van der Waals surface area contributed by atoms with E-state index in [-0.39, 0.29) is 17.4 Å². The molecule has 1 heterocycles. The fourth-order valence-corrected chi connectivity index (χ4v) is 4.31. The van der Waals surface area contributed by atoms with Crippen molar-refractivity contribution >= 4 is 33.2 Å². The molecule has 0 aliphatic carbocycles. The van der Waals surface area contributed by atoms with E-state index < -0.39 is 10.0 Å². The third-order valence-electron chi connectivity index (χ3n) is 4.42. The number of ether oxygens (including phenoxy) is 1. The summed E-state index contributed by atoms with van der Waals surface area (Å²) in [6.45, 7) is 2.20. The number of anilines is 1. The minimum atomic E-state index is -3.52. The van der Waals surface area contributed by atoms with Gasteiger partial charge in [-0.15, -0.1) is 0 Å². The number of rotatable bonds is 6. The van der Waals surface area contributed by atoms with Gasteiger partial charge in [0.1, 0.15) is 5.75 Å². The molecule has 2 aromatic carbocycles. The van der Waals surface area contributed by atoms with E-state index in [1.54, 1.807) is 36.4 Å². The topological polar surface area (TPSA) is 79.0 Å². The maximum absolute atomic E-state index is 12.7. The van der Waals surface area contributed by atoms with Crippen LogP contribution < -0.4 is 10.1 Å². The molecule has 1 amide bonds. The van der Waals surface area contributed by atoms with Crippen molar-refractivity contribution in [2.75, 3.05) is 45.2 Å². The molecule has 0 spiro atoms. The molecule has 0 aromatic heterocycles. The number of carbonyl (C=O) groups excluding carboxylic acids is 1. The molecular weight excluding hydrogens is 402 g/mol. The number of nitrogens with one attached hydrogen (secondary N) is 1. The lowest BCUT2D eigenvalue weighted by Gasteiger charge is -2.31. The molecule has 1 N–H and O–H groups in total. The SMILES string of the molecule is CN1CCN(S(=O)(=O)c2ccc(NC(=O)COc3ccc(Cl)cc3)cc2)CC1. The van der Waals surface area contributed by atoms with Gasteiger partial charge in [0.05, 0.1) is 4.90 Å². The monoisotopic (exact) mass is 423 g/mol. The Morgan fingerprint density at radius 3 is 2.25 bits per heavy atom. The molecule has 2 aromatic rings. The zero-order valence-electron chi connectivity index (χ0n) is 15.5. The molecule has 1 aliphatic rings.